The lowest BCUT2D eigenvalue weighted by Crippen LogP contribution is -2.03. The van der Waals surface area contributed by atoms with Crippen molar-refractivity contribution in [2.75, 3.05) is 20.0 Å². The summed E-state index contributed by atoms with van der Waals surface area (Å²) in [6, 6.07) is 6.99. The van der Waals surface area contributed by atoms with Crippen LogP contribution in [0, 0.1) is 0 Å². The molecule has 0 bridgehead atoms. The Kier molecular flexibility index (Phi) is 4.19. The summed E-state index contributed by atoms with van der Waals surface area (Å²) >= 11 is 6.01. The molecule has 1 aromatic carbocycles. The van der Waals surface area contributed by atoms with Crippen LogP contribution in [0.2, 0.25) is 5.02 Å². The summed E-state index contributed by atoms with van der Waals surface area (Å²) in [7, 11) is 3.17. The first-order valence-corrected chi connectivity index (χ1v) is 5.98. The molecule has 5 nitrogen and oxygen atoms in total. The second-order valence-corrected chi connectivity index (χ2v) is 4.31. The summed E-state index contributed by atoms with van der Waals surface area (Å²) < 4.78 is 10.3. The Hall–Kier alpha value is -1.85. The van der Waals surface area contributed by atoms with Gasteiger partial charge in [-0.15, -0.1) is 0 Å². The van der Waals surface area contributed by atoms with E-state index in [2.05, 4.69) is 9.97 Å². The number of hydrogen-bond donors (Lipinski definition) is 1. The molecule has 0 atom stereocenters. The van der Waals surface area contributed by atoms with Gasteiger partial charge in [0.15, 0.2) is 5.82 Å². The number of aromatic nitrogens is 2. The Morgan fingerprint density at radius 1 is 1.21 bits per heavy atom. The first kappa shape index (κ1) is 13.6. The number of nitrogen functional groups attached to an aromatic ring is 1. The van der Waals surface area contributed by atoms with E-state index < -0.39 is 0 Å². The van der Waals surface area contributed by atoms with E-state index in [0.29, 0.717) is 34.7 Å². The molecule has 1 heterocycles. The molecule has 2 N–H and O–H groups in total. The molecule has 2 rings (SSSR count). The van der Waals surface area contributed by atoms with Gasteiger partial charge in [-0.2, -0.15) is 0 Å². The van der Waals surface area contributed by atoms with Crippen LogP contribution in [0.25, 0.3) is 11.3 Å². The van der Waals surface area contributed by atoms with Crippen molar-refractivity contribution in [2.24, 2.45) is 0 Å². The van der Waals surface area contributed by atoms with Crippen LogP contribution in [0.3, 0.4) is 0 Å². The molecule has 2 aromatic rings. The molecule has 0 amide bonds. The van der Waals surface area contributed by atoms with Crippen molar-refractivity contribution >= 4 is 17.4 Å². The summed E-state index contributed by atoms with van der Waals surface area (Å²) in [4.78, 5) is 8.48. The minimum absolute atomic E-state index is 0.293. The molecular formula is C13H14ClN3O2. The number of ether oxygens (including phenoxy) is 2. The number of halogens is 1. The normalized spacial score (nSPS) is 10.5. The standard InChI is InChI=1S/C13H14ClN3O2/c1-18-7-13-16-10(6-12(15)17-13)9-5-8(14)3-4-11(9)19-2/h3-6H,7H2,1-2H3,(H2,15,16,17). The molecule has 1 aromatic heterocycles. The molecule has 0 fully saturated rings. The SMILES string of the molecule is COCc1nc(N)cc(-c2cc(Cl)ccc2OC)n1. The van der Waals surface area contributed by atoms with Crippen molar-refractivity contribution in [3.05, 3.63) is 35.1 Å². The van der Waals surface area contributed by atoms with Crippen molar-refractivity contribution in [3.63, 3.8) is 0 Å². The average Bonchev–Trinajstić information content (AvgIpc) is 2.38. The molecule has 100 valence electrons. The zero-order chi connectivity index (χ0) is 13.8. The smallest absolute Gasteiger partial charge is 0.157 e. The fraction of sp³-hybridized carbons (Fsp3) is 0.231. The van der Waals surface area contributed by atoms with E-state index in [1.807, 2.05) is 0 Å². The second-order valence-electron chi connectivity index (χ2n) is 3.87. The predicted molar refractivity (Wildman–Crippen MR) is 74.2 cm³/mol. The maximum Gasteiger partial charge on any atom is 0.157 e. The highest BCUT2D eigenvalue weighted by Gasteiger charge is 2.11. The van der Waals surface area contributed by atoms with Gasteiger partial charge in [-0.25, -0.2) is 9.97 Å². The van der Waals surface area contributed by atoms with E-state index in [1.165, 1.54) is 0 Å². The predicted octanol–water partition coefficient (Wildman–Crippen LogP) is 2.53. The van der Waals surface area contributed by atoms with E-state index in [0.717, 1.165) is 5.56 Å². The average molecular weight is 280 g/mol. The molecule has 0 saturated carbocycles. The van der Waals surface area contributed by atoms with Crippen molar-refractivity contribution in [1.29, 1.82) is 0 Å². The number of nitrogens with zero attached hydrogens (tertiary/aromatic N) is 2. The molecule has 0 saturated heterocycles. The molecule has 0 aliphatic heterocycles. The first-order valence-electron chi connectivity index (χ1n) is 5.60. The molecule has 0 aliphatic carbocycles. The topological polar surface area (TPSA) is 70.3 Å². The van der Waals surface area contributed by atoms with Gasteiger partial charge in [0.05, 0.1) is 12.8 Å². The van der Waals surface area contributed by atoms with Crippen LogP contribution in [-0.4, -0.2) is 24.2 Å². The minimum Gasteiger partial charge on any atom is -0.496 e. The summed E-state index contributed by atoms with van der Waals surface area (Å²) in [5, 5.41) is 0.598. The number of anilines is 1. The highest BCUT2D eigenvalue weighted by Crippen LogP contribution is 2.31. The van der Waals surface area contributed by atoms with Crippen LogP contribution < -0.4 is 10.5 Å². The lowest BCUT2D eigenvalue weighted by Gasteiger charge is -2.10. The van der Waals surface area contributed by atoms with Crippen LogP contribution in [-0.2, 0) is 11.3 Å². The van der Waals surface area contributed by atoms with Crippen LogP contribution >= 0.6 is 11.6 Å². The van der Waals surface area contributed by atoms with E-state index in [-0.39, 0.29) is 0 Å². The molecule has 6 heteroatoms. The van der Waals surface area contributed by atoms with Gasteiger partial charge >= 0.3 is 0 Å². The van der Waals surface area contributed by atoms with E-state index in [4.69, 9.17) is 26.8 Å². The first-order chi connectivity index (χ1) is 9.13. The van der Waals surface area contributed by atoms with Gasteiger partial charge in [-0.05, 0) is 18.2 Å². The maximum atomic E-state index is 6.01. The Bertz CT molecular complexity index is 590. The number of benzene rings is 1. The van der Waals surface area contributed by atoms with E-state index in [1.54, 1.807) is 38.5 Å². The summed E-state index contributed by atoms with van der Waals surface area (Å²) in [5.74, 6) is 1.56. The largest absolute Gasteiger partial charge is 0.496 e. The van der Waals surface area contributed by atoms with Crippen molar-refractivity contribution < 1.29 is 9.47 Å². The Balaban J connectivity index is 2.54. The van der Waals surface area contributed by atoms with Gasteiger partial charge in [0.2, 0.25) is 0 Å². The zero-order valence-electron chi connectivity index (χ0n) is 10.7. The van der Waals surface area contributed by atoms with Gasteiger partial charge in [-0.1, -0.05) is 11.6 Å². The number of hydrogen-bond acceptors (Lipinski definition) is 5. The Labute approximate surface area is 116 Å². The highest BCUT2D eigenvalue weighted by atomic mass is 35.5. The lowest BCUT2D eigenvalue weighted by molar-refractivity contribution is 0.178. The monoisotopic (exact) mass is 279 g/mol. The summed E-state index contributed by atoms with van der Waals surface area (Å²) in [6.45, 7) is 0.293. The number of nitrogens with two attached hydrogens (primary N) is 1. The molecule has 19 heavy (non-hydrogen) atoms. The quantitative estimate of drug-likeness (QED) is 0.931. The van der Waals surface area contributed by atoms with E-state index >= 15 is 0 Å². The molecule has 0 spiro atoms. The number of methoxy groups -OCH3 is 2. The van der Waals surface area contributed by atoms with Crippen LogP contribution in [0.5, 0.6) is 5.75 Å². The fourth-order valence-electron chi connectivity index (χ4n) is 1.73. The van der Waals surface area contributed by atoms with Crippen LogP contribution in [0.15, 0.2) is 24.3 Å². The molecular weight excluding hydrogens is 266 g/mol. The number of rotatable bonds is 4. The van der Waals surface area contributed by atoms with Gasteiger partial charge in [0, 0.05) is 23.8 Å². The van der Waals surface area contributed by atoms with Gasteiger partial charge in [0.1, 0.15) is 18.2 Å². The molecule has 0 radical (unpaired) electrons. The van der Waals surface area contributed by atoms with Gasteiger partial charge < -0.3 is 15.2 Å². The van der Waals surface area contributed by atoms with Crippen LogP contribution in [0.4, 0.5) is 5.82 Å². The van der Waals surface area contributed by atoms with Gasteiger partial charge in [0.25, 0.3) is 0 Å². The van der Waals surface area contributed by atoms with Crippen molar-refractivity contribution in [3.8, 4) is 17.0 Å². The fourth-order valence-corrected chi connectivity index (χ4v) is 1.90. The van der Waals surface area contributed by atoms with Gasteiger partial charge in [-0.3, -0.25) is 0 Å². The summed E-state index contributed by atoms with van der Waals surface area (Å²) in [6.07, 6.45) is 0. The highest BCUT2D eigenvalue weighted by molar-refractivity contribution is 6.30. The minimum atomic E-state index is 0.293. The third-order valence-electron chi connectivity index (χ3n) is 2.50. The second kappa shape index (κ2) is 5.86. The third kappa shape index (κ3) is 3.13. The Morgan fingerprint density at radius 2 is 2.00 bits per heavy atom. The molecule has 0 aliphatic rings. The van der Waals surface area contributed by atoms with Crippen molar-refractivity contribution in [2.45, 2.75) is 6.61 Å². The third-order valence-corrected chi connectivity index (χ3v) is 2.74. The van der Waals surface area contributed by atoms with Crippen molar-refractivity contribution in [1.82, 2.24) is 9.97 Å². The summed E-state index contributed by atoms with van der Waals surface area (Å²) in [5.41, 5.74) is 7.19. The Morgan fingerprint density at radius 3 is 2.68 bits per heavy atom. The maximum absolute atomic E-state index is 6.01. The van der Waals surface area contributed by atoms with E-state index in [9.17, 15) is 0 Å². The zero-order valence-corrected chi connectivity index (χ0v) is 11.4. The lowest BCUT2D eigenvalue weighted by atomic mass is 10.1. The molecule has 0 unspecified atom stereocenters. The van der Waals surface area contributed by atoms with Crippen LogP contribution in [0.1, 0.15) is 5.82 Å².